The summed E-state index contributed by atoms with van der Waals surface area (Å²) in [6.45, 7) is -0.0507. The van der Waals surface area contributed by atoms with Crippen LogP contribution in [-0.2, 0) is 0 Å². The van der Waals surface area contributed by atoms with Crippen molar-refractivity contribution in [2.75, 3.05) is 6.61 Å². The highest BCUT2D eigenvalue weighted by molar-refractivity contribution is 5.54. The first-order chi connectivity index (χ1) is 6.33. The average molecular weight is 177 g/mol. The number of hydrogen-bond donors (Lipinski definition) is 2. The van der Waals surface area contributed by atoms with E-state index >= 15 is 0 Å². The Balaban J connectivity index is 2.60. The van der Waals surface area contributed by atoms with E-state index in [2.05, 4.69) is 5.10 Å². The molecule has 3 N–H and O–H groups in total. The monoisotopic (exact) mass is 177 g/mol. The Morgan fingerprint density at radius 3 is 3.15 bits per heavy atom. The minimum atomic E-state index is -0.333. The molecule has 0 saturated carbocycles. The van der Waals surface area contributed by atoms with Crippen LogP contribution in [0.15, 0.2) is 30.6 Å². The Morgan fingerprint density at radius 2 is 2.38 bits per heavy atom. The second kappa shape index (κ2) is 3.16. The molecule has 0 radical (unpaired) electrons. The molecular formula is C9H11N3O. The molecule has 0 aliphatic rings. The third-order valence-electron chi connectivity index (χ3n) is 2.07. The predicted molar refractivity (Wildman–Crippen MR) is 49.2 cm³/mol. The second-order valence-electron chi connectivity index (χ2n) is 2.91. The van der Waals surface area contributed by atoms with E-state index in [9.17, 15) is 0 Å². The van der Waals surface area contributed by atoms with Gasteiger partial charge in [0.2, 0.25) is 0 Å². The summed E-state index contributed by atoms with van der Waals surface area (Å²) < 4.78 is 1.74. The zero-order chi connectivity index (χ0) is 9.26. The quantitative estimate of drug-likeness (QED) is 0.694. The van der Waals surface area contributed by atoms with Gasteiger partial charge < -0.3 is 10.8 Å². The third-order valence-corrected chi connectivity index (χ3v) is 2.07. The molecule has 68 valence electrons. The molecule has 2 rings (SSSR count). The average Bonchev–Trinajstić information content (AvgIpc) is 2.63. The lowest BCUT2D eigenvalue weighted by Crippen LogP contribution is -2.15. The summed E-state index contributed by atoms with van der Waals surface area (Å²) in [5.74, 6) is 0. The summed E-state index contributed by atoms with van der Waals surface area (Å²) in [7, 11) is 0. The normalized spacial score (nSPS) is 13.4. The standard InChI is InChI=1S/C9H11N3O/c10-8(6-13)7-2-1-5-12-9(7)3-4-11-12/h1-5,8,13H,6,10H2. The SMILES string of the molecule is NC(CO)c1cccn2nccc12. The van der Waals surface area contributed by atoms with Gasteiger partial charge in [-0.15, -0.1) is 0 Å². The number of hydrogen-bond acceptors (Lipinski definition) is 3. The van der Waals surface area contributed by atoms with Crippen LogP contribution in [0, 0.1) is 0 Å². The number of pyridine rings is 1. The fourth-order valence-electron chi connectivity index (χ4n) is 1.39. The molecule has 4 heteroatoms. The summed E-state index contributed by atoms with van der Waals surface area (Å²) >= 11 is 0. The molecule has 0 aliphatic carbocycles. The Kier molecular flexibility index (Phi) is 2.00. The first-order valence-corrected chi connectivity index (χ1v) is 4.11. The molecule has 2 heterocycles. The summed E-state index contributed by atoms with van der Waals surface area (Å²) in [5.41, 5.74) is 7.60. The number of aliphatic hydroxyl groups is 1. The highest BCUT2D eigenvalue weighted by Gasteiger charge is 2.08. The molecule has 0 saturated heterocycles. The van der Waals surface area contributed by atoms with E-state index in [0.717, 1.165) is 11.1 Å². The number of aliphatic hydroxyl groups excluding tert-OH is 1. The first-order valence-electron chi connectivity index (χ1n) is 4.11. The molecule has 4 nitrogen and oxygen atoms in total. The van der Waals surface area contributed by atoms with Crippen LogP contribution in [0.4, 0.5) is 0 Å². The van der Waals surface area contributed by atoms with Crippen molar-refractivity contribution in [2.24, 2.45) is 5.73 Å². The van der Waals surface area contributed by atoms with Gasteiger partial charge in [0.25, 0.3) is 0 Å². The summed E-state index contributed by atoms with van der Waals surface area (Å²) in [6, 6.07) is 5.31. The number of rotatable bonds is 2. The van der Waals surface area contributed by atoms with Crippen molar-refractivity contribution in [3.63, 3.8) is 0 Å². The number of nitrogens with two attached hydrogens (primary N) is 1. The smallest absolute Gasteiger partial charge is 0.0710 e. The zero-order valence-electron chi connectivity index (χ0n) is 7.09. The minimum Gasteiger partial charge on any atom is -0.394 e. The first kappa shape index (κ1) is 8.22. The van der Waals surface area contributed by atoms with Gasteiger partial charge in [-0.3, -0.25) is 0 Å². The number of fused-ring (bicyclic) bond motifs is 1. The lowest BCUT2D eigenvalue weighted by Gasteiger charge is -2.09. The Labute approximate surface area is 75.6 Å². The van der Waals surface area contributed by atoms with E-state index < -0.39 is 0 Å². The van der Waals surface area contributed by atoms with Gasteiger partial charge in [0.15, 0.2) is 0 Å². The van der Waals surface area contributed by atoms with E-state index in [4.69, 9.17) is 10.8 Å². The predicted octanol–water partition coefficient (Wildman–Crippen LogP) is 0.326. The van der Waals surface area contributed by atoms with Gasteiger partial charge >= 0.3 is 0 Å². The third kappa shape index (κ3) is 1.30. The van der Waals surface area contributed by atoms with Gasteiger partial charge in [0.05, 0.1) is 18.2 Å². The molecule has 0 bridgehead atoms. The molecule has 0 amide bonds. The lowest BCUT2D eigenvalue weighted by atomic mass is 10.1. The fourth-order valence-corrected chi connectivity index (χ4v) is 1.39. The molecular weight excluding hydrogens is 166 g/mol. The number of aromatic nitrogens is 2. The largest absolute Gasteiger partial charge is 0.394 e. The van der Waals surface area contributed by atoms with Crippen LogP contribution in [0.25, 0.3) is 5.52 Å². The van der Waals surface area contributed by atoms with Gasteiger partial charge in [-0.05, 0) is 17.7 Å². The van der Waals surface area contributed by atoms with E-state index in [-0.39, 0.29) is 12.6 Å². The van der Waals surface area contributed by atoms with Crippen molar-refractivity contribution in [2.45, 2.75) is 6.04 Å². The Hall–Kier alpha value is -1.39. The maximum atomic E-state index is 8.93. The van der Waals surface area contributed by atoms with Crippen molar-refractivity contribution in [3.8, 4) is 0 Å². The van der Waals surface area contributed by atoms with E-state index in [0.29, 0.717) is 0 Å². The van der Waals surface area contributed by atoms with Crippen LogP contribution >= 0.6 is 0 Å². The van der Waals surface area contributed by atoms with Gasteiger partial charge in [0.1, 0.15) is 0 Å². The van der Waals surface area contributed by atoms with Crippen LogP contribution in [0.1, 0.15) is 11.6 Å². The van der Waals surface area contributed by atoms with Crippen LogP contribution in [0.3, 0.4) is 0 Å². The lowest BCUT2D eigenvalue weighted by molar-refractivity contribution is 0.268. The summed E-state index contributed by atoms with van der Waals surface area (Å²) in [6.07, 6.45) is 3.56. The van der Waals surface area contributed by atoms with Crippen LogP contribution in [0.5, 0.6) is 0 Å². The van der Waals surface area contributed by atoms with Crippen molar-refractivity contribution >= 4 is 5.52 Å². The van der Waals surface area contributed by atoms with Crippen LogP contribution in [-0.4, -0.2) is 21.3 Å². The van der Waals surface area contributed by atoms with Gasteiger partial charge in [-0.25, -0.2) is 4.52 Å². The van der Waals surface area contributed by atoms with E-state index in [1.165, 1.54) is 0 Å². The fraction of sp³-hybridized carbons (Fsp3) is 0.222. The molecule has 0 aliphatic heterocycles. The van der Waals surface area contributed by atoms with Crippen molar-refractivity contribution in [3.05, 3.63) is 36.2 Å². The maximum Gasteiger partial charge on any atom is 0.0710 e. The highest BCUT2D eigenvalue weighted by Crippen LogP contribution is 2.15. The van der Waals surface area contributed by atoms with Crippen molar-refractivity contribution < 1.29 is 5.11 Å². The van der Waals surface area contributed by atoms with Gasteiger partial charge in [0, 0.05) is 12.4 Å². The Bertz CT molecular complexity index is 410. The summed E-state index contributed by atoms with van der Waals surface area (Å²) in [5, 5.41) is 13.0. The van der Waals surface area contributed by atoms with Crippen LogP contribution < -0.4 is 5.73 Å². The van der Waals surface area contributed by atoms with E-state index in [1.54, 1.807) is 10.7 Å². The molecule has 2 aromatic rings. The summed E-state index contributed by atoms with van der Waals surface area (Å²) in [4.78, 5) is 0. The second-order valence-corrected chi connectivity index (χ2v) is 2.91. The molecule has 0 aromatic carbocycles. The van der Waals surface area contributed by atoms with Crippen molar-refractivity contribution in [1.82, 2.24) is 9.61 Å². The number of nitrogens with zero attached hydrogens (tertiary/aromatic N) is 2. The van der Waals surface area contributed by atoms with E-state index in [1.807, 2.05) is 24.4 Å². The highest BCUT2D eigenvalue weighted by atomic mass is 16.3. The minimum absolute atomic E-state index is 0.0507. The van der Waals surface area contributed by atoms with Gasteiger partial charge in [-0.1, -0.05) is 6.07 Å². The molecule has 1 unspecified atom stereocenters. The molecule has 13 heavy (non-hydrogen) atoms. The topological polar surface area (TPSA) is 63.5 Å². The van der Waals surface area contributed by atoms with Gasteiger partial charge in [-0.2, -0.15) is 5.10 Å². The Morgan fingerprint density at radius 1 is 1.54 bits per heavy atom. The molecule has 1 atom stereocenters. The molecule has 2 aromatic heterocycles. The molecule has 0 fully saturated rings. The van der Waals surface area contributed by atoms with Crippen molar-refractivity contribution in [1.29, 1.82) is 0 Å². The molecule has 0 spiro atoms. The zero-order valence-corrected chi connectivity index (χ0v) is 7.09. The van der Waals surface area contributed by atoms with Crippen LogP contribution in [0.2, 0.25) is 0 Å². The maximum absolute atomic E-state index is 8.93.